The van der Waals surface area contributed by atoms with Crippen LogP contribution in [0.3, 0.4) is 0 Å². The summed E-state index contributed by atoms with van der Waals surface area (Å²) in [4.78, 5) is 5.92. The molecule has 22 heavy (non-hydrogen) atoms. The van der Waals surface area contributed by atoms with Crippen LogP contribution in [0.1, 0.15) is 16.7 Å². The number of aromatic amines is 1. The Labute approximate surface area is 131 Å². The first-order valence-electron chi connectivity index (χ1n) is 7.92. The fourth-order valence-electron chi connectivity index (χ4n) is 3.31. The molecule has 0 unspecified atom stereocenters. The number of nitrogens with zero attached hydrogens (tertiary/aromatic N) is 1. The van der Waals surface area contributed by atoms with E-state index in [1.165, 1.54) is 27.6 Å². The lowest BCUT2D eigenvalue weighted by Gasteiger charge is -2.20. The lowest BCUT2D eigenvalue weighted by molar-refractivity contribution is 0.299. The first kappa shape index (κ1) is 13.4. The molecule has 0 bridgehead atoms. The van der Waals surface area contributed by atoms with Gasteiger partial charge in [0.05, 0.1) is 0 Å². The first-order chi connectivity index (χ1) is 10.9. The van der Waals surface area contributed by atoms with Gasteiger partial charge in [0.2, 0.25) is 0 Å². The molecule has 0 aliphatic carbocycles. The molecule has 2 heteroatoms. The van der Waals surface area contributed by atoms with Crippen LogP contribution in [0.2, 0.25) is 0 Å². The van der Waals surface area contributed by atoms with Gasteiger partial charge in [0.25, 0.3) is 0 Å². The normalized spacial score (nSPS) is 16.9. The van der Waals surface area contributed by atoms with Crippen molar-refractivity contribution in [3.8, 4) is 0 Å². The van der Waals surface area contributed by atoms with E-state index in [1.54, 1.807) is 0 Å². The zero-order chi connectivity index (χ0) is 14.8. The average molecular weight is 288 g/mol. The van der Waals surface area contributed by atoms with Gasteiger partial charge in [-0.1, -0.05) is 54.6 Å². The zero-order valence-corrected chi connectivity index (χ0v) is 12.6. The van der Waals surface area contributed by atoms with Crippen LogP contribution in [0.15, 0.2) is 60.8 Å². The summed E-state index contributed by atoms with van der Waals surface area (Å²) in [5.41, 5.74) is 5.38. The van der Waals surface area contributed by atoms with Gasteiger partial charge in [-0.25, -0.2) is 0 Å². The second-order valence-electron chi connectivity index (χ2n) is 5.96. The average Bonchev–Trinajstić information content (AvgIpc) is 2.99. The maximum absolute atomic E-state index is 3.41. The summed E-state index contributed by atoms with van der Waals surface area (Å²) >= 11 is 0. The third kappa shape index (κ3) is 2.58. The second kappa shape index (κ2) is 5.82. The van der Waals surface area contributed by atoms with E-state index in [0.717, 1.165) is 26.1 Å². The highest BCUT2D eigenvalue weighted by Crippen LogP contribution is 2.25. The lowest BCUT2D eigenvalue weighted by Crippen LogP contribution is -2.25. The molecule has 0 radical (unpaired) electrons. The molecule has 1 aromatic heterocycles. The smallest absolute Gasteiger partial charge is 0.0462 e. The summed E-state index contributed by atoms with van der Waals surface area (Å²) < 4.78 is 0. The molecule has 3 aromatic rings. The second-order valence-corrected chi connectivity index (χ2v) is 5.96. The number of rotatable bonds is 2. The molecule has 1 N–H and O–H groups in total. The number of benzene rings is 2. The van der Waals surface area contributed by atoms with Crippen molar-refractivity contribution < 1.29 is 0 Å². The molecule has 0 amide bonds. The summed E-state index contributed by atoms with van der Waals surface area (Å²) in [5, 5.41) is 1.39. The van der Waals surface area contributed by atoms with Crippen molar-refractivity contribution in [2.45, 2.75) is 13.0 Å². The van der Waals surface area contributed by atoms with Gasteiger partial charge < -0.3 is 4.98 Å². The molecule has 0 atom stereocenters. The summed E-state index contributed by atoms with van der Waals surface area (Å²) in [6, 6.07) is 17.2. The molecular weight excluding hydrogens is 268 g/mol. The summed E-state index contributed by atoms with van der Waals surface area (Å²) in [6.07, 6.45) is 7.82. The number of H-pyrrole nitrogens is 1. The van der Waals surface area contributed by atoms with E-state index in [9.17, 15) is 0 Å². The van der Waals surface area contributed by atoms with E-state index in [4.69, 9.17) is 0 Å². The van der Waals surface area contributed by atoms with Crippen LogP contribution in [0, 0.1) is 0 Å². The van der Waals surface area contributed by atoms with Crippen molar-refractivity contribution in [3.05, 3.63) is 77.5 Å². The highest BCUT2D eigenvalue weighted by Gasteiger charge is 2.12. The van der Waals surface area contributed by atoms with Gasteiger partial charge in [0.15, 0.2) is 0 Å². The van der Waals surface area contributed by atoms with Crippen LogP contribution in [0.25, 0.3) is 17.0 Å². The Morgan fingerprint density at radius 2 is 1.91 bits per heavy atom. The largest absolute Gasteiger partial charge is 0.361 e. The minimum absolute atomic E-state index is 0.999. The van der Waals surface area contributed by atoms with Crippen LogP contribution >= 0.6 is 0 Å². The third-order valence-corrected chi connectivity index (χ3v) is 4.43. The SMILES string of the molecule is C1=C\c2cccc3[nH]cc(c23)CCN(Cc2ccccc2)C/1. The first-order valence-corrected chi connectivity index (χ1v) is 7.92. The molecule has 1 aliphatic rings. The maximum Gasteiger partial charge on any atom is 0.0462 e. The van der Waals surface area contributed by atoms with Crippen molar-refractivity contribution in [1.82, 2.24) is 9.88 Å². The third-order valence-electron chi connectivity index (χ3n) is 4.43. The Kier molecular flexibility index (Phi) is 3.53. The van der Waals surface area contributed by atoms with Crippen molar-refractivity contribution >= 4 is 17.0 Å². The van der Waals surface area contributed by atoms with Crippen molar-refractivity contribution in [1.29, 1.82) is 0 Å². The highest BCUT2D eigenvalue weighted by atomic mass is 15.1. The molecule has 0 fully saturated rings. The van der Waals surface area contributed by atoms with Gasteiger partial charge in [-0.15, -0.1) is 0 Å². The molecule has 2 nitrogen and oxygen atoms in total. The number of aromatic nitrogens is 1. The summed E-state index contributed by atoms with van der Waals surface area (Å²) in [6.45, 7) is 3.09. The Morgan fingerprint density at radius 1 is 1.00 bits per heavy atom. The fourth-order valence-corrected chi connectivity index (χ4v) is 3.31. The van der Waals surface area contributed by atoms with E-state index in [2.05, 4.69) is 76.8 Å². The molecule has 0 spiro atoms. The van der Waals surface area contributed by atoms with Crippen LogP contribution in [0.5, 0.6) is 0 Å². The number of hydrogen-bond acceptors (Lipinski definition) is 1. The standard InChI is InChI=1S/C20H20N2/c1-2-6-16(7-3-1)15-22-12-5-9-17-8-4-10-19-20(17)18(11-13-22)14-21-19/h1-10,14,21H,11-13,15H2/b9-5-. The van der Waals surface area contributed by atoms with Gasteiger partial charge in [0, 0.05) is 36.7 Å². The number of hydrogen-bond donors (Lipinski definition) is 1. The summed E-state index contributed by atoms with van der Waals surface area (Å²) in [5.74, 6) is 0. The van der Waals surface area contributed by atoms with Crippen molar-refractivity contribution in [2.24, 2.45) is 0 Å². The number of nitrogens with one attached hydrogen (secondary N) is 1. The molecule has 0 saturated carbocycles. The Hall–Kier alpha value is -2.32. The predicted octanol–water partition coefficient (Wildman–Crippen LogP) is 4.24. The molecule has 4 rings (SSSR count). The Bertz CT molecular complexity index is 799. The highest BCUT2D eigenvalue weighted by molar-refractivity contribution is 5.91. The maximum atomic E-state index is 3.41. The molecular formula is C20H20N2. The van der Waals surface area contributed by atoms with Gasteiger partial charge in [0.1, 0.15) is 0 Å². The van der Waals surface area contributed by atoms with E-state index < -0.39 is 0 Å². The van der Waals surface area contributed by atoms with Crippen LogP contribution in [-0.4, -0.2) is 23.0 Å². The van der Waals surface area contributed by atoms with Gasteiger partial charge in [-0.3, -0.25) is 4.90 Å². The fraction of sp³-hybridized carbons (Fsp3) is 0.200. The van der Waals surface area contributed by atoms with Crippen molar-refractivity contribution in [3.63, 3.8) is 0 Å². The molecule has 2 heterocycles. The topological polar surface area (TPSA) is 19.0 Å². The molecule has 2 aromatic carbocycles. The predicted molar refractivity (Wildman–Crippen MR) is 92.8 cm³/mol. The van der Waals surface area contributed by atoms with Crippen molar-refractivity contribution in [2.75, 3.05) is 13.1 Å². The quantitative estimate of drug-likeness (QED) is 0.747. The summed E-state index contributed by atoms with van der Waals surface area (Å²) in [7, 11) is 0. The zero-order valence-electron chi connectivity index (χ0n) is 12.6. The van der Waals surface area contributed by atoms with Crippen LogP contribution in [0.4, 0.5) is 0 Å². The molecule has 1 aliphatic heterocycles. The van der Waals surface area contributed by atoms with Crippen LogP contribution < -0.4 is 0 Å². The minimum atomic E-state index is 0.999. The van der Waals surface area contributed by atoms with Gasteiger partial charge in [-0.05, 0) is 29.2 Å². The van der Waals surface area contributed by atoms with Gasteiger partial charge >= 0.3 is 0 Å². The van der Waals surface area contributed by atoms with E-state index in [0.29, 0.717) is 0 Å². The van der Waals surface area contributed by atoms with E-state index >= 15 is 0 Å². The van der Waals surface area contributed by atoms with Crippen LogP contribution in [-0.2, 0) is 13.0 Å². The minimum Gasteiger partial charge on any atom is -0.361 e. The van der Waals surface area contributed by atoms with E-state index in [1.807, 2.05) is 0 Å². The molecule has 110 valence electrons. The Morgan fingerprint density at radius 3 is 2.82 bits per heavy atom. The van der Waals surface area contributed by atoms with E-state index in [-0.39, 0.29) is 0 Å². The van der Waals surface area contributed by atoms with Gasteiger partial charge in [-0.2, -0.15) is 0 Å². The molecule has 0 saturated heterocycles. The monoisotopic (exact) mass is 288 g/mol. The lowest BCUT2D eigenvalue weighted by atomic mass is 10.0. The Balaban J connectivity index is 1.62.